The fourth-order valence-corrected chi connectivity index (χ4v) is 4.35. The Morgan fingerprint density at radius 2 is 2.00 bits per heavy atom. The summed E-state index contributed by atoms with van der Waals surface area (Å²) in [7, 11) is -2.82. The lowest BCUT2D eigenvalue weighted by Gasteiger charge is -2.29. The number of hydrogen-bond donors (Lipinski definition) is 1. The average molecular weight is 233 g/mol. The first-order valence-corrected chi connectivity index (χ1v) is 7.76. The first-order valence-electron chi connectivity index (χ1n) is 6.05. The summed E-state index contributed by atoms with van der Waals surface area (Å²) < 4.78 is 23.8. The topological polar surface area (TPSA) is 46.2 Å². The van der Waals surface area contributed by atoms with E-state index in [9.17, 15) is 8.42 Å². The summed E-state index contributed by atoms with van der Waals surface area (Å²) in [6.45, 7) is 4.94. The van der Waals surface area contributed by atoms with Crippen LogP contribution in [0.4, 0.5) is 0 Å². The third-order valence-corrected chi connectivity index (χ3v) is 5.54. The Labute approximate surface area is 93.6 Å². The van der Waals surface area contributed by atoms with Crippen LogP contribution in [0, 0.1) is 0 Å². The SMILES string of the molecule is CCCS(=O)(=O)C1CCCC(NCC)C1. The highest BCUT2D eigenvalue weighted by Crippen LogP contribution is 2.25. The van der Waals surface area contributed by atoms with Gasteiger partial charge in [-0.05, 0) is 32.2 Å². The zero-order chi connectivity index (χ0) is 11.3. The molecule has 3 nitrogen and oxygen atoms in total. The van der Waals surface area contributed by atoms with Crippen LogP contribution in [0.25, 0.3) is 0 Å². The van der Waals surface area contributed by atoms with Gasteiger partial charge in [0, 0.05) is 6.04 Å². The zero-order valence-electron chi connectivity index (χ0n) is 9.83. The summed E-state index contributed by atoms with van der Waals surface area (Å²) in [5, 5.41) is 3.28. The molecule has 1 aliphatic rings. The van der Waals surface area contributed by atoms with Crippen molar-refractivity contribution >= 4 is 9.84 Å². The number of rotatable bonds is 5. The smallest absolute Gasteiger partial charge is 0.153 e. The molecule has 2 atom stereocenters. The van der Waals surface area contributed by atoms with Crippen molar-refractivity contribution in [2.24, 2.45) is 0 Å². The molecular formula is C11H23NO2S. The zero-order valence-corrected chi connectivity index (χ0v) is 10.6. The predicted octanol–water partition coefficient (Wildman–Crippen LogP) is 1.73. The first-order chi connectivity index (χ1) is 7.10. The van der Waals surface area contributed by atoms with Crippen LogP contribution in [0.3, 0.4) is 0 Å². The van der Waals surface area contributed by atoms with Gasteiger partial charge in [0.15, 0.2) is 9.84 Å². The molecule has 2 unspecified atom stereocenters. The molecule has 0 aromatic heterocycles. The van der Waals surface area contributed by atoms with Crippen LogP contribution in [-0.4, -0.2) is 32.0 Å². The van der Waals surface area contributed by atoms with Gasteiger partial charge in [-0.15, -0.1) is 0 Å². The largest absolute Gasteiger partial charge is 0.314 e. The summed E-state index contributed by atoms with van der Waals surface area (Å²) in [6, 6.07) is 0.417. The molecule has 0 aliphatic heterocycles. The highest BCUT2D eigenvalue weighted by Gasteiger charge is 2.30. The molecule has 1 rings (SSSR count). The molecule has 0 heterocycles. The third kappa shape index (κ3) is 3.76. The quantitative estimate of drug-likeness (QED) is 0.786. The highest BCUT2D eigenvalue weighted by atomic mass is 32.2. The van der Waals surface area contributed by atoms with E-state index in [4.69, 9.17) is 0 Å². The summed E-state index contributed by atoms with van der Waals surface area (Å²) in [4.78, 5) is 0. The van der Waals surface area contributed by atoms with E-state index >= 15 is 0 Å². The van der Waals surface area contributed by atoms with E-state index in [2.05, 4.69) is 12.2 Å². The van der Waals surface area contributed by atoms with E-state index in [0.717, 1.165) is 38.6 Å². The predicted molar refractivity (Wildman–Crippen MR) is 63.8 cm³/mol. The Kier molecular flexibility index (Phi) is 5.06. The van der Waals surface area contributed by atoms with Crippen molar-refractivity contribution in [2.45, 2.75) is 57.2 Å². The summed E-state index contributed by atoms with van der Waals surface area (Å²) in [5.74, 6) is 0.358. The average Bonchev–Trinajstić information content (AvgIpc) is 2.19. The van der Waals surface area contributed by atoms with Gasteiger partial charge in [-0.1, -0.05) is 20.3 Å². The molecule has 0 radical (unpaired) electrons. The Bertz CT molecular complexity index is 272. The van der Waals surface area contributed by atoms with Crippen molar-refractivity contribution in [3.63, 3.8) is 0 Å². The van der Waals surface area contributed by atoms with Crippen molar-refractivity contribution in [3.8, 4) is 0 Å². The molecule has 0 aromatic rings. The van der Waals surface area contributed by atoms with Crippen LogP contribution in [0.5, 0.6) is 0 Å². The van der Waals surface area contributed by atoms with Gasteiger partial charge in [0.05, 0.1) is 11.0 Å². The van der Waals surface area contributed by atoms with E-state index in [1.54, 1.807) is 0 Å². The van der Waals surface area contributed by atoms with Gasteiger partial charge >= 0.3 is 0 Å². The summed E-state index contributed by atoms with van der Waals surface area (Å²) >= 11 is 0. The molecule has 1 aliphatic carbocycles. The maximum absolute atomic E-state index is 11.9. The van der Waals surface area contributed by atoms with Crippen LogP contribution in [0.2, 0.25) is 0 Å². The van der Waals surface area contributed by atoms with Gasteiger partial charge in [-0.3, -0.25) is 0 Å². The van der Waals surface area contributed by atoms with E-state index < -0.39 is 9.84 Å². The van der Waals surface area contributed by atoms with Gasteiger partial charge in [0.2, 0.25) is 0 Å². The molecule has 0 spiro atoms. The van der Waals surface area contributed by atoms with Crippen LogP contribution < -0.4 is 5.32 Å². The standard InChI is InChI=1S/C11H23NO2S/c1-3-8-15(13,14)11-7-5-6-10(9-11)12-4-2/h10-12H,3-9H2,1-2H3. The maximum Gasteiger partial charge on any atom is 0.153 e. The summed E-state index contributed by atoms with van der Waals surface area (Å²) in [6.07, 6.45) is 4.60. The molecule has 4 heteroatoms. The van der Waals surface area contributed by atoms with Crippen LogP contribution in [0.1, 0.15) is 46.0 Å². The van der Waals surface area contributed by atoms with Crippen LogP contribution >= 0.6 is 0 Å². The van der Waals surface area contributed by atoms with Gasteiger partial charge in [-0.25, -0.2) is 8.42 Å². The minimum Gasteiger partial charge on any atom is -0.314 e. The minimum atomic E-state index is -2.82. The second-order valence-corrected chi connectivity index (χ2v) is 6.81. The Hall–Kier alpha value is -0.0900. The van der Waals surface area contributed by atoms with E-state index in [1.807, 2.05) is 6.92 Å². The van der Waals surface area contributed by atoms with Crippen LogP contribution in [0.15, 0.2) is 0 Å². The molecule has 0 bridgehead atoms. The Morgan fingerprint density at radius 1 is 1.27 bits per heavy atom. The molecular weight excluding hydrogens is 210 g/mol. The number of sulfone groups is 1. The highest BCUT2D eigenvalue weighted by molar-refractivity contribution is 7.92. The molecule has 1 N–H and O–H groups in total. The molecule has 90 valence electrons. The van der Waals surface area contributed by atoms with Crippen molar-refractivity contribution in [1.82, 2.24) is 5.32 Å². The molecule has 1 saturated carbocycles. The second-order valence-electron chi connectivity index (χ2n) is 4.41. The van der Waals surface area contributed by atoms with Crippen molar-refractivity contribution in [1.29, 1.82) is 0 Å². The maximum atomic E-state index is 11.9. The fourth-order valence-electron chi connectivity index (χ4n) is 2.40. The summed E-state index contributed by atoms with van der Waals surface area (Å²) in [5.41, 5.74) is 0. The van der Waals surface area contributed by atoms with E-state index in [-0.39, 0.29) is 5.25 Å². The fraction of sp³-hybridized carbons (Fsp3) is 1.00. The van der Waals surface area contributed by atoms with Crippen molar-refractivity contribution in [2.75, 3.05) is 12.3 Å². The van der Waals surface area contributed by atoms with Gasteiger partial charge in [-0.2, -0.15) is 0 Å². The molecule has 1 fully saturated rings. The van der Waals surface area contributed by atoms with Crippen molar-refractivity contribution in [3.05, 3.63) is 0 Å². The Morgan fingerprint density at radius 3 is 2.60 bits per heavy atom. The van der Waals surface area contributed by atoms with Crippen LogP contribution in [-0.2, 0) is 9.84 Å². The van der Waals surface area contributed by atoms with E-state index in [1.165, 1.54) is 0 Å². The lowest BCUT2D eigenvalue weighted by molar-refractivity contribution is 0.377. The molecule has 0 amide bonds. The lowest BCUT2D eigenvalue weighted by atomic mass is 9.95. The second kappa shape index (κ2) is 5.85. The van der Waals surface area contributed by atoms with Gasteiger partial charge in [0.1, 0.15) is 0 Å². The number of nitrogens with one attached hydrogen (secondary N) is 1. The van der Waals surface area contributed by atoms with Crippen molar-refractivity contribution < 1.29 is 8.42 Å². The third-order valence-electron chi connectivity index (χ3n) is 3.12. The minimum absolute atomic E-state index is 0.0877. The van der Waals surface area contributed by atoms with E-state index in [0.29, 0.717) is 11.8 Å². The van der Waals surface area contributed by atoms with Gasteiger partial charge in [0.25, 0.3) is 0 Å². The molecule has 0 saturated heterocycles. The Balaban J connectivity index is 2.55. The molecule has 0 aromatic carbocycles. The first kappa shape index (κ1) is 13.0. The number of hydrogen-bond acceptors (Lipinski definition) is 3. The normalized spacial score (nSPS) is 27.9. The lowest BCUT2D eigenvalue weighted by Crippen LogP contribution is -2.39. The molecule has 15 heavy (non-hydrogen) atoms. The monoisotopic (exact) mass is 233 g/mol. The van der Waals surface area contributed by atoms with Gasteiger partial charge < -0.3 is 5.32 Å².